The van der Waals surface area contributed by atoms with Gasteiger partial charge < -0.3 is 5.32 Å². The fraction of sp³-hybridized carbons (Fsp3) is 0.0833. The highest BCUT2D eigenvalue weighted by atomic mass is 127. The number of hydrogen-bond donors (Lipinski definition) is 1. The average Bonchev–Trinajstić information content (AvgIpc) is 2.30. The topological polar surface area (TPSA) is 24.9 Å². The van der Waals surface area contributed by atoms with Crippen LogP contribution in [0.15, 0.2) is 45.5 Å². The number of anilines is 1. The van der Waals surface area contributed by atoms with Crippen molar-refractivity contribution in [2.45, 2.75) is 6.54 Å². The highest BCUT2D eigenvalue weighted by Gasteiger charge is 2.03. The Morgan fingerprint density at radius 1 is 1.24 bits per heavy atom. The maximum atomic E-state index is 4.36. The van der Waals surface area contributed by atoms with Crippen molar-refractivity contribution in [3.05, 3.63) is 54.7 Å². The zero-order valence-corrected chi connectivity index (χ0v) is 14.1. The van der Waals surface area contributed by atoms with Crippen LogP contribution in [0.2, 0.25) is 0 Å². The lowest BCUT2D eigenvalue weighted by molar-refractivity contribution is 1.03. The van der Waals surface area contributed by atoms with Crippen molar-refractivity contribution in [1.29, 1.82) is 0 Å². The van der Waals surface area contributed by atoms with Gasteiger partial charge in [0.05, 0.1) is 12.2 Å². The lowest BCUT2D eigenvalue weighted by Crippen LogP contribution is -2.03. The van der Waals surface area contributed by atoms with E-state index in [2.05, 4.69) is 76.9 Å². The van der Waals surface area contributed by atoms with Crippen molar-refractivity contribution in [1.82, 2.24) is 4.98 Å². The van der Waals surface area contributed by atoms with E-state index in [1.165, 1.54) is 3.57 Å². The molecule has 1 aromatic heterocycles. The Morgan fingerprint density at radius 3 is 2.71 bits per heavy atom. The van der Waals surface area contributed by atoms with E-state index in [1.807, 2.05) is 18.2 Å². The van der Waals surface area contributed by atoms with E-state index in [1.54, 1.807) is 6.20 Å². The molecular weight excluding hydrogens is 459 g/mol. The van der Waals surface area contributed by atoms with Crippen LogP contribution in [0, 0.1) is 3.57 Å². The maximum Gasteiger partial charge on any atom is 0.0737 e. The van der Waals surface area contributed by atoms with Crippen molar-refractivity contribution < 1.29 is 0 Å². The molecule has 5 heteroatoms. The van der Waals surface area contributed by atoms with E-state index in [0.717, 1.165) is 20.3 Å². The Kier molecular flexibility index (Phi) is 4.81. The van der Waals surface area contributed by atoms with Gasteiger partial charge >= 0.3 is 0 Å². The monoisotopic (exact) mass is 466 g/mol. The van der Waals surface area contributed by atoms with Gasteiger partial charge in [0.15, 0.2) is 0 Å². The van der Waals surface area contributed by atoms with Gasteiger partial charge in [0, 0.05) is 24.4 Å². The molecule has 17 heavy (non-hydrogen) atoms. The van der Waals surface area contributed by atoms with Gasteiger partial charge in [-0.15, -0.1) is 0 Å². The number of nitrogens with zero attached hydrogens (tertiary/aromatic N) is 1. The highest BCUT2D eigenvalue weighted by Crippen LogP contribution is 2.22. The largest absolute Gasteiger partial charge is 0.378 e. The second-order valence-electron chi connectivity index (χ2n) is 3.42. The van der Waals surface area contributed by atoms with Gasteiger partial charge in [0.25, 0.3) is 0 Å². The lowest BCUT2D eigenvalue weighted by Gasteiger charge is -2.09. The predicted molar refractivity (Wildman–Crippen MR) is 86.1 cm³/mol. The van der Waals surface area contributed by atoms with Crippen LogP contribution in [-0.4, -0.2) is 4.98 Å². The molecule has 1 N–H and O–H groups in total. The Balaban J connectivity index is 2.10. The number of aromatic nitrogens is 1. The number of nitrogens with one attached hydrogen (secondary N) is 1. The molecule has 0 fully saturated rings. The summed E-state index contributed by atoms with van der Waals surface area (Å²) in [5.41, 5.74) is 2.12. The molecule has 0 spiro atoms. The van der Waals surface area contributed by atoms with E-state index in [4.69, 9.17) is 0 Å². The summed E-state index contributed by atoms with van der Waals surface area (Å²) in [6.07, 6.45) is 1.80. The van der Waals surface area contributed by atoms with Crippen LogP contribution < -0.4 is 5.32 Å². The summed E-state index contributed by atoms with van der Waals surface area (Å²) < 4.78 is 3.19. The maximum absolute atomic E-state index is 4.36. The van der Waals surface area contributed by atoms with E-state index >= 15 is 0 Å². The van der Waals surface area contributed by atoms with Crippen molar-refractivity contribution in [2.24, 2.45) is 0 Å². The second kappa shape index (κ2) is 6.15. The Labute approximate surface area is 131 Å². The first-order valence-corrected chi connectivity index (χ1v) is 7.61. The first-order chi connectivity index (χ1) is 8.16. The van der Waals surface area contributed by atoms with E-state index in [9.17, 15) is 0 Å². The van der Waals surface area contributed by atoms with Gasteiger partial charge in [-0.05, 0) is 72.6 Å². The van der Waals surface area contributed by atoms with Crippen molar-refractivity contribution in [2.75, 3.05) is 5.32 Å². The summed E-state index contributed by atoms with van der Waals surface area (Å²) in [5.74, 6) is 0. The molecule has 0 radical (unpaired) electrons. The number of benzene rings is 1. The van der Waals surface area contributed by atoms with Crippen molar-refractivity contribution in [3.8, 4) is 0 Å². The van der Waals surface area contributed by atoms with Crippen LogP contribution >= 0.6 is 54.5 Å². The third-order valence-corrected chi connectivity index (χ3v) is 4.27. The third-order valence-electron chi connectivity index (χ3n) is 2.20. The second-order valence-corrected chi connectivity index (χ2v) is 6.35. The molecule has 0 saturated heterocycles. The molecule has 88 valence electrons. The zero-order valence-electron chi connectivity index (χ0n) is 8.75. The van der Waals surface area contributed by atoms with Gasteiger partial charge in [0.2, 0.25) is 0 Å². The normalized spacial score (nSPS) is 10.3. The SMILES string of the molecule is Brc1cnc(CNc2ccccc2I)c(Br)c1. The molecular formula is C12H9Br2IN2. The molecule has 0 aliphatic rings. The first kappa shape index (κ1) is 13.3. The number of rotatable bonds is 3. The number of para-hydroxylation sites is 1. The minimum absolute atomic E-state index is 0.702. The van der Waals surface area contributed by atoms with Crippen molar-refractivity contribution in [3.63, 3.8) is 0 Å². The first-order valence-electron chi connectivity index (χ1n) is 4.95. The van der Waals surface area contributed by atoms with Crippen LogP contribution in [0.5, 0.6) is 0 Å². The summed E-state index contributed by atoms with van der Waals surface area (Å²) in [5, 5.41) is 3.37. The molecule has 0 unspecified atom stereocenters. The van der Waals surface area contributed by atoms with Crippen LogP contribution in [0.4, 0.5) is 5.69 Å². The van der Waals surface area contributed by atoms with Gasteiger partial charge in [-0.3, -0.25) is 4.98 Å². The number of halogens is 3. The van der Waals surface area contributed by atoms with Crippen LogP contribution in [0.3, 0.4) is 0 Å². The zero-order chi connectivity index (χ0) is 12.3. The average molecular weight is 468 g/mol. The van der Waals surface area contributed by atoms with Gasteiger partial charge in [-0.25, -0.2) is 0 Å². The highest BCUT2D eigenvalue weighted by molar-refractivity contribution is 14.1. The molecule has 0 bridgehead atoms. The quantitative estimate of drug-likeness (QED) is 0.654. The van der Waals surface area contributed by atoms with Crippen LogP contribution in [0.1, 0.15) is 5.69 Å². The molecule has 0 aliphatic heterocycles. The standard InChI is InChI=1S/C12H9Br2IN2/c13-8-5-9(14)12(16-6-8)7-17-11-4-2-1-3-10(11)15/h1-6,17H,7H2. The van der Waals surface area contributed by atoms with Gasteiger partial charge in [-0.1, -0.05) is 12.1 Å². The summed E-state index contributed by atoms with van der Waals surface area (Å²) in [7, 11) is 0. The molecule has 2 nitrogen and oxygen atoms in total. The Bertz CT molecular complexity index is 532. The summed E-state index contributed by atoms with van der Waals surface area (Å²) >= 11 is 9.21. The molecule has 1 heterocycles. The summed E-state index contributed by atoms with van der Waals surface area (Å²) in [6, 6.07) is 10.2. The minimum Gasteiger partial charge on any atom is -0.378 e. The lowest BCUT2D eigenvalue weighted by atomic mass is 10.3. The molecule has 1 aromatic carbocycles. The molecule has 2 aromatic rings. The third kappa shape index (κ3) is 3.66. The van der Waals surface area contributed by atoms with Gasteiger partial charge in [0.1, 0.15) is 0 Å². The van der Waals surface area contributed by atoms with Crippen LogP contribution in [0.25, 0.3) is 0 Å². The van der Waals surface area contributed by atoms with E-state index in [-0.39, 0.29) is 0 Å². The van der Waals surface area contributed by atoms with E-state index < -0.39 is 0 Å². The molecule has 0 aliphatic carbocycles. The molecule has 0 atom stereocenters. The number of hydrogen-bond acceptors (Lipinski definition) is 2. The van der Waals surface area contributed by atoms with Gasteiger partial charge in [-0.2, -0.15) is 0 Å². The minimum atomic E-state index is 0.702. The fourth-order valence-corrected chi connectivity index (χ4v) is 3.06. The summed E-state index contributed by atoms with van der Waals surface area (Å²) in [4.78, 5) is 4.36. The van der Waals surface area contributed by atoms with Crippen LogP contribution in [-0.2, 0) is 6.54 Å². The molecule has 2 rings (SSSR count). The van der Waals surface area contributed by atoms with Crippen molar-refractivity contribution >= 4 is 60.1 Å². The molecule has 0 amide bonds. The van der Waals surface area contributed by atoms with E-state index in [0.29, 0.717) is 6.54 Å². The fourth-order valence-electron chi connectivity index (χ4n) is 1.36. The summed E-state index contributed by atoms with van der Waals surface area (Å²) in [6.45, 7) is 0.702. The Morgan fingerprint density at radius 2 is 2.00 bits per heavy atom. The Hall–Kier alpha value is -0.140. The number of pyridine rings is 1. The predicted octanol–water partition coefficient (Wildman–Crippen LogP) is 4.82. The molecule has 0 saturated carbocycles. The smallest absolute Gasteiger partial charge is 0.0737 e.